The lowest BCUT2D eigenvalue weighted by molar-refractivity contribution is 0.507. The van der Waals surface area contributed by atoms with E-state index in [-0.39, 0.29) is 0 Å². The third-order valence-electron chi connectivity index (χ3n) is 2.16. The SMILES string of the molecule is Fc1ccc(C(Cl)c2ccoc2Br)cc1F. The van der Waals surface area contributed by atoms with E-state index in [1.54, 1.807) is 6.07 Å². The van der Waals surface area contributed by atoms with Crippen LogP contribution in [-0.2, 0) is 0 Å². The van der Waals surface area contributed by atoms with Crippen molar-refractivity contribution >= 4 is 27.5 Å². The summed E-state index contributed by atoms with van der Waals surface area (Å²) >= 11 is 9.30. The van der Waals surface area contributed by atoms with Gasteiger partial charge in [0, 0.05) is 5.56 Å². The molecule has 0 fully saturated rings. The first-order valence-corrected chi connectivity index (χ1v) is 5.64. The van der Waals surface area contributed by atoms with Crippen LogP contribution >= 0.6 is 27.5 Å². The van der Waals surface area contributed by atoms with Gasteiger partial charge in [0.15, 0.2) is 16.3 Å². The number of halogens is 4. The Balaban J connectivity index is 2.38. The Hall–Kier alpha value is -0.870. The van der Waals surface area contributed by atoms with Crippen LogP contribution in [0, 0.1) is 11.6 Å². The van der Waals surface area contributed by atoms with Gasteiger partial charge < -0.3 is 4.42 Å². The van der Waals surface area contributed by atoms with Crippen molar-refractivity contribution in [3.8, 4) is 0 Å². The number of hydrogen-bond donors (Lipinski definition) is 0. The van der Waals surface area contributed by atoms with Gasteiger partial charge in [-0.3, -0.25) is 0 Å². The Kier molecular flexibility index (Phi) is 3.30. The van der Waals surface area contributed by atoms with Crippen LogP contribution in [-0.4, -0.2) is 0 Å². The van der Waals surface area contributed by atoms with Crippen molar-refractivity contribution < 1.29 is 13.2 Å². The molecule has 84 valence electrons. The highest BCUT2D eigenvalue weighted by molar-refractivity contribution is 9.10. The summed E-state index contributed by atoms with van der Waals surface area (Å²) in [5, 5.41) is -0.580. The molecule has 0 aliphatic carbocycles. The predicted octanol–water partition coefficient (Wildman–Crippen LogP) is 4.65. The van der Waals surface area contributed by atoms with Crippen molar-refractivity contribution in [3.05, 3.63) is 58.0 Å². The maximum absolute atomic E-state index is 13.0. The van der Waals surface area contributed by atoms with Crippen LogP contribution in [0.4, 0.5) is 8.78 Å². The fourth-order valence-electron chi connectivity index (χ4n) is 1.33. The van der Waals surface area contributed by atoms with E-state index in [9.17, 15) is 8.78 Å². The quantitative estimate of drug-likeness (QED) is 0.736. The number of hydrogen-bond acceptors (Lipinski definition) is 1. The zero-order chi connectivity index (χ0) is 11.7. The first kappa shape index (κ1) is 11.6. The first-order chi connectivity index (χ1) is 7.59. The fraction of sp³-hybridized carbons (Fsp3) is 0.0909. The van der Waals surface area contributed by atoms with Crippen LogP contribution in [0.25, 0.3) is 0 Å². The molecule has 0 saturated heterocycles. The lowest BCUT2D eigenvalue weighted by Crippen LogP contribution is -1.94. The molecular formula is C11H6BrClF2O. The van der Waals surface area contributed by atoms with E-state index >= 15 is 0 Å². The van der Waals surface area contributed by atoms with E-state index in [1.165, 1.54) is 12.3 Å². The summed E-state index contributed by atoms with van der Waals surface area (Å²) in [5.74, 6) is -1.80. The normalized spacial score (nSPS) is 12.8. The molecule has 0 N–H and O–H groups in total. The van der Waals surface area contributed by atoms with Gasteiger partial charge in [-0.1, -0.05) is 6.07 Å². The van der Waals surface area contributed by atoms with E-state index < -0.39 is 17.0 Å². The Morgan fingerprint density at radius 3 is 2.50 bits per heavy atom. The molecule has 1 unspecified atom stereocenters. The summed E-state index contributed by atoms with van der Waals surface area (Å²) < 4.78 is 31.3. The number of furan rings is 1. The first-order valence-electron chi connectivity index (χ1n) is 4.41. The molecule has 0 spiro atoms. The van der Waals surface area contributed by atoms with Gasteiger partial charge in [-0.25, -0.2) is 8.78 Å². The smallest absolute Gasteiger partial charge is 0.173 e. The molecule has 1 nitrogen and oxygen atoms in total. The van der Waals surface area contributed by atoms with Crippen molar-refractivity contribution in [2.45, 2.75) is 5.38 Å². The molecule has 1 aromatic heterocycles. The van der Waals surface area contributed by atoms with Crippen LogP contribution in [0.3, 0.4) is 0 Å². The van der Waals surface area contributed by atoms with Gasteiger partial charge in [0.05, 0.1) is 11.6 Å². The number of alkyl halides is 1. The molecular weight excluding hydrogens is 301 g/mol. The van der Waals surface area contributed by atoms with Gasteiger partial charge in [0.2, 0.25) is 0 Å². The summed E-state index contributed by atoms with van der Waals surface area (Å²) in [6.45, 7) is 0. The second-order valence-electron chi connectivity index (χ2n) is 3.19. The molecule has 0 amide bonds. The van der Waals surface area contributed by atoms with Gasteiger partial charge in [-0.05, 0) is 39.7 Å². The van der Waals surface area contributed by atoms with Gasteiger partial charge in [0.25, 0.3) is 0 Å². The second-order valence-corrected chi connectivity index (χ2v) is 4.34. The van der Waals surface area contributed by atoms with Crippen LogP contribution < -0.4 is 0 Å². The van der Waals surface area contributed by atoms with Crippen molar-refractivity contribution in [3.63, 3.8) is 0 Å². The summed E-state index contributed by atoms with van der Waals surface area (Å²) in [5.41, 5.74) is 1.15. The van der Waals surface area contributed by atoms with Gasteiger partial charge in [-0.2, -0.15) is 0 Å². The van der Waals surface area contributed by atoms with Crippen molar-refractivity contribution in [1.29, 1.82) is 0 Å². The minimum Gasteiger partial charge on any atom is -0.457 e. The molecule has 1 heterocycles. The molecule has 0 radical (unpaired) electrons. The largest absolute Gasteiger partial charge is 0.457 e. The molecule has 1 aromatic carbocycles. The monoisotopic (exact) mass is 306 g/mol. The third kappa shape index (κ3) is 2.13. The maximum atomic E-state index is 13.0. The van der Waals surface area contributed by atoms with E-state index in [1.807, 2.05) is 0 Å². The number of benzene rings is 1. The molecule has 0 saturated carbocycles. The molecule has 0 bridgehead atoms. The van der Waals surface area contributed by atoms with Gasteiger partial charge >= 0.3 is 0 Å². The molecule has 16 heavy (non-hydrogen) atoms. The molecule has 5 heteroatoms. The number of rotatable bonds is 2. The summed E-state index contributed by atoms with van der Waals surface area (Å²) in [6.07, 6.45) is 1.47. The molecule has 1 atom stereocenters. The van der Waals surface area contributed by atoms with E-state index in [0.29, 0.717) is 15.8 Å². The zero-order valence-corrected chi connectivity index (χ0v) is 10.2. The van der Waals surface area contributed by atoms with Crippen LogP contribution in [0.1, 0.15) is 16.5 Å². The lowest BCUT2D eigenvalue weighted by Gasteiger charge is -2.08. The predicted molar refractivity (Wildman–Crippen MR) is 60.5 cm³/mol. The Bertz CT molecular complexity index is 512. The highest BCUT2D eigenvalue weighted by Crippen LogP contribution is 2.34. The maximum Gasteiger partial charge on any atom is 0.173 e. The zero-order valence-electron chi connectivity index (χ0n) is 7.88. The Labute approximate surface area is 104 Å². The van der Waals surface area contributed by atoms with Crippen LogP contribution in [0.15, 0.2) is 39.6 Å². The Morgan fingerprint density at radius 2 is 1.94 bits per heavy atom. The van der Waals surface area contributed by atoms with E-state index in [4.69, 9.17) is 16.0 Å². The minimum atomic E-state index is -0.914. The summed E-state index contributed by atoms with van der Waals surface area (Å²) in [4.78, 5) is 0. The van der Waals surface area contributed by atoms with E-state index in [0.717, 1.165) is 12.1 Å². The molecule has 2 rings (SSSR count). The molecule has 0 aliphatic heterocycles. The lowest BCUT2D eigenvalue weighted by atomic mass is 10.1. The Morgan fingerprint density at radius 1 is 1.19 bits per heavy atom. The highest BCUT2D eigenvalue weighted by atomic mass is 79.9. The van der Waals surface area contributed by atoms with Crippen LogP contribution in [0.2, 0.25) is 0 Å². The fourth-order valence-corrected chi connectivity index (χ4v) is 2.24. The topological polar surface area (TPSA) is 13.1 Å². The van der Waals surface area contributed by atoms with Crippen molar-refractivity contribution in [2.24, 2.45) is 0 Å². The van der Waals surface area contributed by atoms with Crippen molar-refractivity contribution in [1.82, 2.24) is 0 Å². The van der Waals surface area contributed by atoms with Crippen molar-refractivity contribution in [2.75, 3.05) is 0 Å². The van der Waals surface area contributed by atoms with E-state index in [2.05, 4.69) is 15.9 Å². The second kappa shape index (κ2) is 4.55. The highest BCUT2D eigenvalue weighted by Gasteiger charge is 2.17. The molecule has 0 aliphatic rings. The minimum absolute atomic E-state index is 0.475. The third-order valence-corrected chi connectivity index (χ3v) is 3.29. The van der Waals surface area contributed by atoms with Gasteiger partial charge in [-0.15, -0.1) is 11.6 Å². The summed E-state index contributed by atoms with van der Waals surface area (Å²) in [6, 6.07) is 5.24. The average Bonchev–Trinajstić information content (AvgIpc) is 2.67. The molecule has 2 aromatic rings. The van der Waals surface area contributed by atoms with Gasteiger partial charge in [0.1, 0.15) is 0 Å². The standard InChI is InChI=1S/C11H6BrClF2O/c12-11-7(3-4-16-11)10(13)6-1-2-8(14)9(15)5-6/h1-5,10H. The average molecular weight is 308 g/mol. The summed E-state index contributed by atoms with van der Waals surface area (Å²) in [7, 11) is 0. The van der Waals surface area contributed by atoms with Crippen LogP contribution in [0.5, 0.6) is 0 Å².